The van der Waals surface area contributed by atoms with E-state index in [1.165, 1.54) is 244 Å². The van der Waals surface area contributed by atoms with Crippen LogP contribution in [-0.4, -0.2) is 99.6 Å². The van der Waals surface area contributed by atoms with Crippen LogP contribution in [-0.2, 0) is 23.8 Å². The van der Waals surface area contributed by atoms with Crippen molar-refractivity contribution in [2.24, 2.45) is 0 Å². The van der Waals surface area contributed by atoms with Crippen LogP contribution in [0.5, 0.6) is 0 Å². The molecular weight excluding hydrogens is 1110 g/mol. The lowest BCUT2D eigenvalue weighted by Gasteiger charge is -2.41. The Balaban J connectivity index is 2.54. The molecule has 1 aliphatic heterocycles. The fourth-order valence-electron chi connectivity index (χ4n) is 11.9. The van der Waals surface area contributed by atoms with Crippen LogP contribution in [0, 0.1) is 0 Å². The topological polar surface area (TPSA) is 175 Å². The van der Waals surface area contributed by atoms with Crippen LogP contribution in [0.15, 0.2) is 60.8 Å². The summed E-state index contributed by atoms with van der Waals surface area (Å²) in [7, 11) is 0. The molecule has 0 saturated carbocycles. The fraction of sp³-hybridized carbons (Fsp3) is 0.846. The highest BCUT2D eigenvalue weighted by Crippen LogP contribution is 2.27. The molecule has 0 bridgehead atoms. The zero-order chi connectivity index (χ0) is 64.6. The molecular formula is C78H143NO10. The van der Waals surface area contributed by atoms with Crippen LogP contribution in [0.3, 0.4) is 0 Å². The fourth-order valence-corrected chi connectivity index (χ4v) is 11.9. The third kappa shape index (κ3) is 52.4. The molecule has 8 unspecified atom stereocenters. The van der Waals surface area contributed by atoms with Crippen LogP contribution < -0.4 is 5.32 Å². The van der Waals surface area contributed by atoms with Gasteiger partial charge in [0.2, 0.25) is 5.91 Å². The number of nitrogens with one attached hydrogen (secondary N) is 1. The minimum absolute atomic E-state index is 0.124. The standard InChI is InChI=1S/C78H143NO10/c1-4-7-10-13-16-19-22-25-27-29-31-33-35-37-38-40-42-44-47-50-53-56-59-62-65-71(82)77(86)79-69(70(81)64-61-58-55-52-49-46-24-21-18-15-12-9-6-3)68-87-78-76(75(85)74(84)72(67-80)88-78)89-73(83)66-63-60-57-54-51-48-45-43-41-39-36-34-32-30-28-26-23-20-17-14-11-8-5-2/h16-17,19-20,25-28,61,64,69-72,74-76,78,80-82,84-85H,4-15,18,21-24,29-60,62-63,65-68H2,1-3H3,(H,79,86)/b19-16-,20-17-,27-25-,28-26-,64-61+. The predicted octanol–water partition coefficient (Wildman–Crippen LogP) is 20.1. The van der Waals surface area contributed by atoms with E-state index in [-0.39, 0.29) is 13.0 Å². The van der Waals surface area contributed by atoms with Gasteiger partial charge in [0, 0.05) is 6.42 Å². The van der Waals surface area contributed by atoms with E-state index in [0.29, 0.717) is 19.3 Å². The quantitative estimate of drug-likeness (QED) is 0.0195. The first-order valence-corrected chi connectivity index (χ1v) is 38.1. The van der Waals surface area contributed by atoms with Gasteiger partial charge >= 0.3 is 5.97 Å². The third-order valence-corrected chi connectivity index (χ3v) is 17.9. The first-order valence-electron chi connectivity index (χ1n) is 38.1. The monoisotopic (exact) mass is 1250 g/mol. The first-order chi connectivity index (χ1) is 43.7. The van der Waals surface area contributed by atoms with Crippen LogP contribution >= 0.6 is 0 Å². The van der Waals surface area contributed by atoms with Gasteiger partial charge in [-0.05, 0) is 89.9 Å². The molecule has 8 atom stereocenters. The highest BCUT2D eigenvalue weighted by Gasteiger charge is 2.47. The first kappa shape index (κ1) is 84.4. The second-order valence-corrected chi connectivity index (χ2v) is 26.4. The molecule has 0 aromatic heterocycles. The average molecular weight is 1250 g/mol. The number of esters is 1. The maximum absolute atomic E-state index is 13.5. The molecule has 0 spiro atoms. The number of aliphatic hydroxyl groups is 5. The molecule has 11 nitrogen and oxygen atoms in total. The number of ether oxygens (including phenoxy) is 3. The lowest BCUT2D eigenvalue weighted by Crippen LogP contribution is -2.61. The van der Waals surface area contributed by atoms with E-state index in [2.05, 4.69) is 74.7 Å². The number of rotatable bonds is 66. The van der Waals surface area contributed by atoms with Crippen molar-refractivity contribution in [1.29, 1.82) is 0 Å². The van der Waals surface area contributed by atoms with Crippen LogP contribution in [0.2, 0.25) is 0 Å². The Labute approximate surface area is 548 Å². The minimum Gasteiger partial charge on any atom is -0.454 e. The van der Waals surface area contributed by atoms with Crippen LogP contribution in [0.4, 0.5) is 0 Å². The number of allylic oxidation sites excluding steroid dienone is 9. The molecule has 11 heteroatoms. The van der Waals surface area contributed by atoms with Crippen molar-refractivity contribution in [2.75, 3.05) is 13.2 Å². The summed E-state index contributed by atoms with van der Waals surface area (Å²) in [4.78, 5) is 26.7. The van der Waals surface area contributed by atoms with E-state index >= 15 is 0 Å². The Morgan fingerprint density at radius 2 is 0.775 bits per heavy atom. The van der Waals surface area contributed by atoms with Gasteiger partial charge in [-0.3, -0.25) is 9.59 Å². The third-order valence-electron chi connectivity index (χ3n) is 17.9. The number of unbranched alkanes of at least 4 members (excludes halogenated alkanes) is 44. The van der Waals surface area contributed by atoms with E-state index in [9.17, 15) is 35.1 Å². The second-order valence-electron chi connectivity index (χ2n) is 26.4. The molecule has 0 aromatic rings. The number of hydrogen-bond acceptors (Lipinski definition) is 10. The van der Waals surface area contributed by atoms with Crippen molar-refractivity contribution >= 4 is 11.9 Å². The van der Waals surface area contributed by atoms with Gasteiger partial charge in [0.1, 0.15) is 24.4 Å². The van der Waals surface area contributed by atoms with Crippen LogP contribution in [0.25, 0.3) is 0 Å². The molecule has 1 aliphatic rings. The number of carbonyl (C=O) groups excluding carboxylic acids is 2. The number of hydrogen-bond donors (Lipinski definition) is 6. The summed E-state index contributed by atoms with van der Waals surface area (Å²) in [5.41, 5.74) is 0. The zero-order valence-corrected chi connectivity index (χ0v) is 58.1. The molecule has 0 aromatic carbocycles. The molecule has 1 amide bonds. The van der Waals surface area contributed by atoms with Crippen LogP contribution in [0.1, 0.15) is 361 Å². The summed E-state index contributed by atoms with van der Waals surface area (Å²) < 4.78 is 17.7. The van der Waals surface area contributed by atoms with E-state index in [4.69, 9.17) is 14.2 Å². The van der Waals surface area contributed by atoms with E-state index in [1.807, 2.05) is 6.08 Å². The summed E-state index contributed by atoms with van der Waals surface area (Å²) >= 11 is 0. The van der Waals surface area contributed by atoms with Gasteiger partial charge in [0.25, 0.3) is 0 Å². The summed E-state index contributed by atoms with van der Waals surface area (Å²) in [6.07, 6.45) is 74.0. The van der Waals surface area contributed by atoms with Crippen molar-refractivity contribution in [1.82, 2.24) is 5.32 Å². The Morgan fingerprint density at radius 3 is 1.17 bits per heavy atom. The maximum Gasteiger partial charge on any atom is 0.306 e. The lowest BCUT2D eigenvalue weighted by atomic mass is 9.99. The van der Waals surface area contributed by atoms with Gasteiger partial charge < -0.3 is 45.1 Å². The summed E-state index contributed by atoms with van der Waals surface area (Å²) in [5.74, 6) is -1.18. The SMILES string of the molecule is CCCCC/C=C\C/C=C\CCCCCCCCCCCCCCCCC(O)C(=O)NC(COC1OC(CO)C(O)C(O)C1OC(=O)CCCCCCCCCCCCCCC/C=C\C/C=C\CCCCC)C(O)/C=C/CCCCCCCCCCCCC. The molecule has 0 aliphatic carbocycles. The van der Waals surface area contributed by atoms with E-state index in [0.717, 1.165) is 70.6 Å². The predicted molar refractivity (Wildman–Crippen MR) is 375 cm³/mol. The number of aliphatic hydroxyl groups excluding tert-OH is 5. The molecule has 1 saturated heterocycles. The van der Waals surface area contributed by atoms with E-state index < -0.39 is 67.4 Å². The van der Waals surface area contributed by atoms with Gasteiger partial charge in [-0.15, -0.1) is 0 Å². The lowest BCUT2D eigenvalue weighted by molar-refractivity contribution is -0.305. The van der Waals surface area contributed by atoms with Gasteiger partial charge in [-0.1, -0.05) is 326 Å². The van der Waals surface area contributed by atoms with Gasteiger partial charge in [-0.2, -0.15) is 0 Å². The average Bonchev–Trinajstić information content (AvgIpc) is 3.11. The normalized spacial score (nSPS) is 18.4. The largest absolute Gasteiger partial charge is 0.454 e. The molecule has 0 radical (unpaired) electrons. The highest BCUT2D eigenvalue weighted by molar-refractivity contribution is 5.80. The smallest absolute Gasteiger partial charge is 0.306 e. The number of amides is 1. The van der Waals surface area contributed by atoms with Gasteiger partial charge in [0.15, 0.2) is 12.4 Å². The van der Waals surface area contributed by atoms with E-state index in [1.54, 1.807) is 6.08 Å². The number of carbonyl (C=O) groups is 2. The minimum atomic E-state index is -1.61. The molecule has 1 rings (SSSR count). The summed E-state index contributed by atoms with van der Waals surface area (Å²) in [5, 5.41) is 57.4. The summed E-state index contributed by atoms with van der Waals surface area (Å²) in [6.45, 7) is 5.80. The van der Waals surface area contributed by atoms with Gasteiger partial charge in [0.05, 0.1) is 25.4 Å². The zero-order valence-electron chi connectivity index (χ0n) is 58.1. The Morgan fingerprint density at radius 1 is 0.438 bits per heavy atom. The Hall–Kier alpha value is -2.64. The van der Waals surface area contributed by atoms with Crippen molar-refractivity contribution in [2.45, 2.75) is 410 Å². The molecule has 89 heavy (non-hydrogen) atoms. The second kappa shape index (κ2) is 65.4. The molecule has 1 fully saturated rings. The molecule has 1 heterocycles. The Kier molecular flexibility index (Phi) is 62.0. The molecule has 520 valence electrons. The van der Waals surface area contributed by atoms with Crippen molar-refractivity contribution in [3.63, 3.8) is 0 Å². The van der Waals surface area contributed by atoms with Crippen molar-refractivity contribution in [3.05, 3.63) is 60.8 Å². The van der Waals surface area contributed by atoms with Gasteiger partial charge in [-0.25, -0.2) is 0 Å². The maximum atomic E-state index is 13.5. The molecule has 6 N–H and O–H groups in total. The van der Waals surface area contributed by atoms with Crippen molar-refractivity contribution in [3.8, 4) is 0 Å². The Bertz CT molecular complexity index is 1680. The highest BCUT2D eigenvalue weighted by atomic mass is 16.7. The summed E-state index contributed by atoms with van der Waals surface area (Å²) in [6, 6.07) is -1.03. The van der Waals surface area contributed by atoms with Crippen molar-refractivity contribution < 1.29 is 49.3 Å².